The number of carbonyl (C=O) groups excluding carboxylic acids is 1. The first kappa shape index (κ1) is 42.8. The molecule has 0 aromatic heterocycles. The predicted octanol–water partition coefficient (Wildman–Crippen LogP) is 8.84. The Bertz CT molecular complexity index is 668. The lowest BCUT2D eigenvalue weighted by molar-refractivity contribution is -0.132. The Kier molecular flexibility index (Phi) is 32.2. The lowest BCUT2D eigenvalue weighted by atomic mass is 10.00. The van der Waals surface area contributed by atoms with Crippen molar-refractivity contribution in [2.24, 2.45) is 0 Å². The Labute approximate surface area is 272 Å². The monoisotopic (exact) mass is 624 g/mol. The summed E-state index contributed by atoms with van der Waals surface area (Å²) in [5.74, 6) is -0.606. The van der Waals surface area contributed by atoms with Gasteiger partial charge in [-0.15, -0.1) is 0 Å². The van der Waals surface area contributed by atoms with Crippen molar-refractivity contribution in [1.29, 1.82) is 0 Å². The average molecular weight is 624 g/mol. The Balaban J connectivity index is 3.84. The summed E-state index contributed by atoms with van der Waals surface area (Å²) in [6.45, 7) is 3.97. The third-order valence-electron chi connectivity index (χ3n) is 8.63. The summed E-state index contributed by atoms with van der Waals surface area (Å²) in [6, 6.07) is -1.00. The molecule has 0 aliphatic rings. The highest BCUT2D eigenvalue weighted by atomic mass is 16.3. The second-order valence-electron chi connectivity index (χ2n) is 12.9. The topological polar surface area (TPSA) is 110 Å². The molecule has 0 aromatic rings. The molecule has 0 rings (SSSR count). The molecule has 0 spiro atoms. The molecule has 0 saturated carbocycles. The maximum Gasteiger partial charge on any atom is 0.249 e. The highest BCUT2D eigenvalue weighted by molar-refractivity contribution is 5.80. The van der Waals surface area contributed by atoms with E-state index in [-0.39, 0.29) is 0 Å². The molecule has 0 aliphatic carbocycles. The van der Waals surface area contributed by atoms with Crippen molar-refractivity contribution in [2.45, 2.75) is 205 Å². The van der Waals surface area contributed by atoms with E-state index >= 15 is 0 Å². The first-order chi connectivity index (χ1) is 21.5. The van der Waals surface area contributed by atoms with Gasteiger partial charge in [-0.25, -0.2) is 0 Å². The van der Waals surface area contributed by atoms with Gasteiger partial charge >= 0.3 is 0 Å². The van der Waals surface area contributed by atoms with Gasteiger partial charge in [0, 0.05) is 0 Å². The fourth-order valence-electron chi connectivity index (χ4n) is 5.56. The van der Waals surface area contributed by atoms with Crippen molar-refractivity contribution >= 4 is 5.91 Å². The minimum absolute atomic E-state index is 0.348. The molecule has 260 valence electrons. The van der Waals surface area contributed by atoms with Crippen molar-refractivity contribution in [2.75, 3.05) is 6.61 Å². The van der Waals surface area contributed by atoms with Gasteiger partial charge in [0.2, 0.25) is 5.91 Å². The van der Waals surface area contributed by atoms with E-state index in [1.165, 1.54) is 96.3 Å². The maximum absolute atomic E-state index is 12.4. The summed E-state index contributed by atoms with van der Waals surface area (Å²) in [5, 5.41) is 43.3. The molecular weight excluding hydrogens is 550 g/mol. The molecule has 6 heteroatoms. The molecule has 0 bridgehead atoms. The third kappa shape index (κ3) is 27.1. The van der Waals surface area contributed by atoms with E-state index in [9.17, 15) is 25.2 Å². The smallest absolute Gasteiger partial charge is 0.249 e. The zero-order chi connectivity index (χ0) is 32.5. The molecule has 6 nitrogen and oxygen atoms in total. The summed E-state index contributed by atoms with van der Waals surface area (Å²) >= 11 is 0. The van der Waals surface area contributed by atoms with Gasteiger partial charge in [0.15, 0.2) is 0 Å². The first-order valence-corrected chi connectivity index (χ1v) is 18.7. The minimum atomic E-state index is -1.28. The molecule has 0 aliphatic heterocycles. The second kappa shape index (κ2) is 33.2. The maximum atomic E-state index is 12.4. The van der Waals surface area contributed by atoms with Crippen LogP contribution >= 0.6 is 0 Å². The van der Waals surface area contributed by atoms with Crippen LogP contribution in [0.3, 0.4) is 0 Å². The quantitative estimate of drug-likeness (QED) is 0.0371. The zero-order valence-corrected chi connectivity index (χ0v) is 28.9. The van der Waals surface area contributed by atoms with Gasteiger partial charge in [0.05, 0.1) is 18.8 Å². The highest BCUT2D eigenvalue weighted by Gasteiger charge is 2.28. The molecule has 0 fully saturated rings. The number of unbranched alkanes of at least 4 members (excludes halogenated alkanes) is 20. The lowest BCUT2D eigenvalue weighted by Crippen LogP contribution is -2.53. The van der Waals surface area contributed by atoms with Crippen LogP contribution in [0.15, 0.2) is 24.3 Å². The van der Waals surface area contributed by atoms with E-state index < -0.39 is 36.9 Å². The fourth-order valence-corrected chi connectivity index (χ4v) is 5.56. The summed E-state index contributed by atoms with van der Waals surface area (Å²) in [4.78, 5) is 12.4. The number of aliphatic hydroxyl groups is 4. The molecule has 44 heavy (non-hydrogen) atoms. The second-order valence-corrected chi connectivity index (χ2v) is 12.9. The van der Waals surface area contributed by atoms with E-state index in [1.807, 2.05) is 0 Å². The Hall–Kier alpha value is -1.21. The number of nitrogens with one attached hydrogen (secondary N) is 1. The number of allylic oxidation sites excluding steroid dienone is 4. The fraction of sp³-hybridized carbons (Fsp3) is 0.868. The van der Waals surface area contributed by atoms with E-state index in [1.54, 1.807) is 0 Å². The van der Waals surface area contributed by atoms with Crippen molar-refractivity contribution < 1.29 is 25.2 Å². The van der Waals surface area contributed by atoms with Crippen LogP contribution in [0.5, 0.6) is 0 Å². The van der Waals surface area contributed by atoms with Crippen LogP contribution in [0.1, 0.15) is 181 Å². The molecule has 5 N–H and O–H groups in total. The SMILES string of the molecule is CCCC/C=C\CCCCCCC(O)C(=O)NC(CO)C(O)C(O)CCC/C=C/CCCCCCCCCCCCCCC. The van der Waals surface area contributed by atoms with E-state index in [0.717, 1.165) is 57.8 Å². The van der Waals surface area contributed by atoms with E-state index in [0.29, 0.717) is 12.8 Å². The van der Waals surface area contributed by atoms with Gasteiger partial charge in [-0.05, 0) is 57.8 Å². The van der Waals surface area contributed by atoms with Crippen molar-refractivity contribution in [1.82, 2.24) is 5.32 Å². The number of hydrogen-bond donors (Lipinski definition) is 5. The van der Waals surface area contributed by atoms with Crippen LogP contribution in [-0.2, 0) is 4.79 Å². The third-order valence-corrected chi connectivity index (χ3v) is 8.63. The van der Waals surface area contributed by atoms with E-state index in [4.69, 9.17) is 0 Å². The summed E-state index contributed by atoms with van der Waals surface area (Å²) in [6.07, 6.45) is 34.9. The van der Waals surface area contributed by atoms with Gasteiger partial charge < -0.3 is 25.7 Å². The average Bonchev–Trinajstić information content (AvgIpc) is 3.03. The largest absolute Gasteiger partial charge is 0.394 e. The Morgan fingerprint density at radius 3 is 1.43 bits per heavy atom. The normalized spacial score (nSPS) is 14.8. The molecular formula is C38H73NO5. The number of carbonyl (C=O) groups is 1. The molecule has 0 saturated heterocycles. The van der Waals surface area contributed by atoms with Gasteiger partial charge in [-0.2, -0.15) is 0 Å². The van der Waals surface area contributed by atoms with Crippen LogP contribution in [0.2, 0.25) is 0 Å². The van der Waals surface area contributed by atoms with Crippen LogP contribution in [-0.4, -0.2) is 57.3 Å². The lowest BCUT2D eigenvalue weighted by Gasteiger charge is -2.27. The van der Waals surface area contributed by atoms with Crippen molar-refractivity contribution in [3.05, 3.63) is 24.3 Å². The standard InChI is InChI=1S/C38H73NO5/c1-3-5-7-9-11-13-15-16-17-18-19-20-21-22-24-25-27-29-31-35(41)37(43)34(33-40)39-38(44)36(42)32-30-28-26-23-14-12-10-8-6-4-2/h10,12,24-25,34-37,40-43H,3-9,11,13-23,26-33H2,1-2H3,(H,39,44)/b12-10-,25-24+. The van der Waals surface area contributed by atoms with E-state index in [2.05, 4.69) is 43.5 Å². The minimum Gasteiger partial charge on any atom is -0.394 e. The molecule has 4 unspecified atom stereocenters. The number of aliphatic hydroxyl groups excluding tert-OH is 4. The van der Waals surface area contributed by atoms with Crippen molar-refractivity contribution in [3.63, 3.8) is 0 Å². The van der Waals surface area contributed by atoms with Gasteiger partial charge in [-0.3, -0.25) is 4.79 Å². The van der Waals surface area contributed by atoms with Crippen LogP contribution in [0, 0.1) is 0 Å². The molecule has 4 atom stereocenters. The molecule has 0 radical (unpaired) electrons. The van der Waals surface area contributed by atoms with Gasteiger partial charge in [0.1, 0.15) is 12.2 Å². The summed E-state index contributed by atoms with van der Waals surface area (Å²) in [7, 11) is 0. The molecule has 0 heterocycles. The Morgan fingerprint density at radius 1 is 0.545 bits per heavy atom. The molecule has 0 aromatic carbocycles. The highest BCUT2D eigenvalue weighted by Crippen LogP contribution is 2.14. The number of hydrogen-bond acceptors (Lipinski definition) is 5. The van der Waals surface area contributed by atoms with Crippen LogP contribution < -0.4 is 5.32 Å². The van der Waals surface area contributed by atoms with Crippen LogP contribution in [0.25, 0.3) is 0 Å². The van der Waals surface area contributed by atoms with Gasteiger partial charge in [-0.1, -0.05) is 147 Å². The van der Waals surface area contributed by atoms with Gasteiger partial charge in [0.25, 0.3) is 0 Å². The van der Waals surface area contributed by atoms with Crippen LogP contribution in [0.4, 0.5) is 0 Å². The number of rotatable bonds is 33. The predicted molar refractivity (Wildman–Crippen MR) is 187 cm³/mol. The summed E-state index contributed by atoms with van der Waals surface area (Å²) in [5.41, 5.74) is 0. The van der Waals surface area contributed by atoms with Crippen molar-refractivity contribution in [3.8, 4) is 0 Å². The number of amides is 1. The Morgan fingerprint density at radius 2 is 0.955 bits per heavy atom. The zero-order valence-electron chi connectivity index (χ0n) is 28.9. The first-order valence-electron chi connectivity index (χ1n) is 18.7. The summed E-state index contributed by atoms with van der Waals surface area (Å²) < 4.78 is 0. The molecule has 1 amide bonds.